The van der Waals surface area contributed by atoms with Crippen molar-refractivity contribution in [3.63, 3.8) is 0 Å². The van der Waals surface area contributed by atoms with E-state index in [1.807, 2.05) is 27.8 Å². The molecule has 1 aliphatic carbocycles. The van der Waals surface area contributed by atoms with Crippen LogP contribution in [0.5, 0.6) is 6.01 Å². The molecule has 1 saturated carbocycles. The summed E-state index contributed by atoms with van der Waals surface area (Å²) in [4.78, 5) is 15.1. The van der Waals surface area contributed by atoms with Gasteiger partial charge in [0.15, 0.2) is 0 Å². The third-order valence-corrected chi connectivity index (χ3v) is 2.85. The van der Waals surface area contributed by atoms with Crippen molar-refractivity contribution in [2.75, 3.05) is 30.4 Å². The lowest BCUT2D eigenvalue weighted by atomic mass is 10.4. The van der Waals surface area contributed by atoms with E-state index in [0.717, 1.165) is 19.0 Å². The first-order valence-corrected chi connectivity index (χ1v) is 6.96. The van der Waals surface area contributed by atoms with Gasteiger partial charge in [-0.3, -0.25) is 0 Å². The summed E-state index contributed by atoms with van der Waals surface area (Å²) in [6, 6.07) is 0.388. The Labute approximate surface area is 114 Å². The Morgan fingerprint density at radius 3 is 2.63 bits per heavy atom. The van der Waals surface area contributed by atoms with Crippen LogP contribution >= 0.6 is 0 Å². The van der Waals surface area contributed by atoms with Crippen LogP contribution in [-0.2, 0) is 0 Å². The molecule has 0 bridgehead atoms. The molecule has 1 fully saturated rings. The Hall–Kier alpha value is -1.59. The molecule has 19 heavy (non-hydrogen) atoms. The molecule has 2 rings (SSSR count). The molecule has 6 nitrogen and oxygen atoms in total. The average Bonchev–Trinajstić information content (AvgIpc) is 3.12. The Bertz CT molecular complexity index is 419. The molecule has 6 heteroatoms. The molecule has 0 aliphatic heterocycles. The summed E-state index contributed by atoms with van der Waals surface area (Å²) >= 11 is 0. The highest BCUT2D eigenvalue weighted by molar-refractivity contribution is 5.37. The molecule has 0 radical (unpaired) electrons. The second-order valence-electron chi connectivity index (χ2n) is 5.26. The van der Waals surface area contributed by atoms with Crippen molar-refractivity contribution in [1.82, 2.24) is 15.0 Å². The molecule has 0 amide bonds. The molecular formula is C13H23N5O. The topological polar surface area (TPSA) is 63.2 Å². The van der Waals surface area contributed by atoms with Gasteiger partial charge in [0, 0.05) is 20.1 Å². The van der Waals surface area contributed by atoms with Gasteiger partial charge < -0.3 is 15.0 Å². The Balaban J connectivity index is 2.16. The minimum atomic E-state index is 0.0541. The molecule has 0 unspecified atom stereocenters. The van der Waals surface area contributed by atoms with E-state index in [1.54, 1.807) is 0 Å². The summed E-state index contributed by atoms with van der Waals surface area (Å²) in [5.41, 5.74) is 0. The van der Waals surface area contributed by atoms with E-state index in [2.05, 4.69) is 25.2 Å². The standard InChI is InChI=1S/C13H23N5O/c1-5-14-11-15-12(18(4)8-10-6-7-10)17-13(16-11)19-9(2)3/h9-10H,5-8H2,1-4H3,(H,14,15,16,17). The van der Waals surface area contributed by atoms with Gasteiger partial charge >= 0.3 is 6.01 Å². The van der Waals surface area contributed by atoms with Crippen molar-refractivity contribution in [2.45, 2.75) is 39.7 Å². The molecule has 1 aromatic rings. The lowest BCUT2D eigenvalue weighted by Crippen LogP contribution is -2.24. The SMILES string of the molecule is CCNc1nc(OC(C)C)nc(N(C)CC2CC2)n1. The van der Waals surface area contributed by atoms with Crippen LogP contribution in [0.4, 0.5) is 11.9 Å². The molecule has 1 N–H and O–H groups in total. The van der Waals surface area contributed by atoms with Gasteiger partial charge in [0.25, 0.3) is 0 Å². The zero-order valence-corrected chi connectivity index (χ0v) is 12.2. The maximum Gasteiger partial charge on any atom is 0.323 e. The van der Waals surface area contributed by atoms with Crippen LogP contribution in [0.2, 0.25) is 0 Å². The number of aromatic nitrogens is 3. The summed E-state index contributed by atoms with van der Waals surface area (Å²) in [6.45, 7) is 7.71. The lowest BCUT2D eigenvalue weighted by Gasteiger charge is -2.18. The van der Waals surface area contributed by atoms with E-state index in [0.29, 0.717) is 17.9 Å². The molecule has 106 valence electrons. The van der Waals surface area contributed by atoms with E-state index in [9.17, 15) is 0 Å². The van der Waals surface area contributed by atoms with Crippen LogP contribution in [0, 0.1) is 5.92 Å². The van der Waals surface area contributed by atoms with Gasteiger partial charge in [-0.25, -0.2) is 0 Å². The van der Waals surface area contributed by atoms with E-state index < -0.39 is 0 Å². The molecule has 1 heterocycles. The van der Waals surface area contributed by atoms with Gasteiger partial charge in [-0.2, -0.15) is 15.0 Å². The van der Waals surface area contributed by atoms with Crippen LogP contribution in [0.3, 0.4) is 0 Å². The van der Waals surface area contributed by atoms with E-state index in [4.69, 9.17) is 4.74 Å². The van der Waals surface area contributed by atoms with Crippen molar-refractivity contribution < 1.29 is 4.74 Å². The van der Waals surface area contributed by atoms with Gasteiger partial charge in [0.2, 0.25) is 11.9 Å². The van der Waals surface area contributed by atoms with Crippen LogP contribution in [0.25, 0.3) is 0 Å². The lowest BCUT2D eigenvalue weighted by molar-refractivity contribution is 0.222. The number of hydrogen-bond donors (Lipinski definition) is 1. The fourth-order valence-corrected chi connectivity index (χ4v) is 1.79. The Morgan fingerprint density at radius 2 is 2.05 bits per heavy atom. The van der Waals surface area contributed by atoms with Crippen molar-refractivity contribution in [2.24, 2.45) is 5.92 Å². The van der Waals surface area contributed by atoms with Crippen molar-refractivity contribution in [3.05, 3.63) is 0 Å². The highest BCUT2D eigenvalue weighted by Crippen LogP contribution is 2.30. The van der Waals surface area contributed by atoms with E-state index in [-0.39, 0.29) is 6.10 Å². The minimum Gasteiger partial charge on any atom is -0.461 e. The molecule has 0 saturated heterocycles. The predicted molar refractivity (Wildman–Crippen MR) is 75.7 cm³/mol. The van der Waals surface area contributed by atoms with Crippen LogP contribution in [0.15, 0.2) is 0 Å². The molecule has 1 aromatic heterocycles. The summed E-state index contributed by atoms with van der Waals surface area (Å²) in [5.74, 6) is 2.04. The monoisotopic (exact) mass is 265 g/mol. The Kier molecular flexibility index (Phi) is 4.39. The maximum absolute atomic E-state index is 5.58. The first-order chi connectivity index (χ1) is 9.08. The summed E-state index contributed by atoms with van der Waals surface area (Å²) in [6.07, 6.45) is 2.67. The van der Waals surface area contributed by atoms with Crippen molar-refractivity contribution in [1.29, 1.82) is 0 Å². The van der Waals surface area contributed by atoms with Crippen LogP contribution in [0.1, 0.15) is 33.6 Å². The van der Waals surface area contributed by atoms with Gasteiger partial charge in [0.1, 0.15) is 0 Å². The zero-order valence-electron chi connectivity index (χ0n) is 12.2. The second-order valence-corrected chi connectivity index (χ2v) is 5.26. The van der Waals surface area contributed by atoms with E-state index >= 15 is 0 Å². The minimum absolute atomic E-state index is 0.0541. The molecule has 1 aliphatic rings. The third kappa shape index (κ3) is 4.22. The second kappa shape index (κ2) is 6.04. The number of rotatable bonds is 7. The molecule has 0 atom stereocenters. The highest BCUT2D eigenvalue weighted by atomic mass is 16.5. The van der Waals surface area contributed by atoms with Crippen molar-refractivity contribution >= 4 is 11.9 Å². The van der Waals surface area contributed by atoms with E-state index in [1.165, 1.54) is 12.8 Å². The number of hydrogen-bond acceptors (Lipinski definition) is 6. The number of nitrogens with one attached hydrogen (secondary N) is 1. The van der Waals surface area contributed by atoms with Gasteiger partial charge in [-0.15, -0.1) is 0 Å². The third-order valence-electron chi connectivity index (χ3n) is 2.85. The van der Waals surface area contributed by atoms with Gasteiger partial charge in [-0.05, 0) is 39.5 Å². The number of nitrogens with zero attached hydrogens (tertiary/aromatic N) is 4. The van der Waals surface area contributed by atoms with Crippen molar-refractivity contribution in [3.8, 4) is 6.01 Å². The zero-order chi connectivity index (χ0) is 13.8. The smallest absolute Gasteiger partial charge is 0.323 e. The summed E-state index contributed by atoms with van der Waals surface area (Å²) < 4.78 is 5.58. The van der Waals surface area contributed by atoms with Gasteiger partial charge in [0.05, 0.1) is 6.10 Å². The van der Waals surface area contributed by atoms with Crippen LogP contribution < -0.4 is 15.0 Å². The fraction of sp³-hybridized carbons (Fsp3) is 0.769. The van der Waals surface area contributed by atoms with Gasteiger partial charge in [-0.1, -0.05) is 0 Å². The maximum atomic E-state index is 5.58. The normalized spacial score (nSPS) is 14.6. The summed E-state index contributed by atoms with van der Waals surface area (Å²) in [7, 11) is 2.02. The highest BCUT2D eigenvalue weighted by Gasteiger charge is 2.24. The Morgan fingerprint density at radius 1 is 1.32 bits per heavy atom. The fourth-order valence-electron chi connectivity index (χ4n) is 1.79. The number of anilines is 2. The predicted octanol–water partition coefficient (Wildman–Crippen LogP) is 1.94. The largest absolute Gasteiger partial charge is 0.461 e. The molecular weight excluding hydrogens is 242 g/mol. The molecule has 0 spiro atoms. The number of ether oxygens (including phenoxy) is 1. The van der Waals surface area contributed by atoms with Crippen LogP contribution in [-0.4, -0.2) is 41.2 Å². The summed E-state index contributed by atoms with van der Waals surface area (Å²) in [5, 5.41) is 3.12. The quantitative estimate of drug-likeness (QED) is 0.813. The first-order valence-electron chi connectivity index (χ1n) is 6.96. The molecule has 0 aromatic carbocycles. The average molecular weight is 265 g/mol. The first kappa shape index (κ1) is 13.8.